The summed E-state index contributed by atoms with van der Waals surface area (Å²) in [7, 11) is -1.83. The molecule has 0 aliphatic heterocycles. The molecule has 4 nitrogen and oxygen atoms in total. The van der Waals surface area contributed by atoms with E-state index in [2.05, 4.69) is 11.9 Å². The molecule has 0 unspecified atom stereocenters. The first-order valence-electron chi connectivity index (χ1n) is 4.44. The first-order chi connectivity index (χ1) is 6.35. The van der Waals surface area contributed by atoms with Crippen molar-refractivity contribution in [3.63, 3.8) is 0 Å². The molecule has 0 atom stereocenters. The SMILES string of the molecule is C=CCC(=O)NCC(=O)O[Si](C)(C)C. The highest BCUT2D eigenvalue weighted by Gasteiger charge is 2.19. The van der Waals surface area contributed by atoms with Gasteiger partial charge in [0, 0.05) is 6.42 Å². The van der Waals surface area contributed by atoms with Gasteiger partial charge in [-0.2, -0.15) is 0 Å². The zero-order valence-corrected chi connectivity index (χ0v) is 9.92. The third kappa shape index (κ3) is 7.54. The summed E-state index contributed by atoms with van der Waals surface area (Å²) in [6, 6.07) is 0. The van der Waals surface area contributed by atoms with Crippen LogP contribution in [-0.4, -0.2) is 26.7 Å². The molecule has 0 aliphatic carbocycles. The molecular formula is C9H17NO3Si. The van der Waals surface area contributed by atoms with Gasteiger partial charge in [0.05, 0.1) is 0 Å². The summed E-state index contributed by atoms with van der Waals surface area (Å²) in [5.41, 5.74) is 0. The Bertz CT molecular complexity index is 233. The Balaban J connectivity index is 3.75. The maximum atomic E-state index is 11.1. The zero-order chi connectivity index (χ0) is 11.2. The van der Waals surface area contributed by atoms with Gasteiger partial charge < -0.3 is 9.74 Å². The van der Waals surface area contributed by atoms with Crippen LogP contribution in [0.1, 0.15) is 6.42 Å². The summed E-state index contributed by atoms with van der Waals surface area (Å²) in [6.07, 6.45) is 1.71. The summed E-state index contributed by atoms with van der Waals surface area (Å²) in [4.78, 5) is 22.1. The van der Waals surface area contributed by atoms with Crippen LogP contribution in [0.5, 0.6) is 0 Å². The van der Waals surface area contributed by atoms with E-state index in [-0.39, 0.29) is 24.8 Å². The van der Waals surface area contributed by atoms with Gasteiger partial charge in [-0.1, -0.05) is 6.08 Å². The highest BCUT2D eigenvalue weighted by Crippen LogP contribution is 2.01. The number of nitrogens with one attached hydrogen (secondary N) is 1. The Hall–Kier alpha value is -1.10. The molecule has 0 aliphatic rings. The molecule has 0 aromatic heterocycles. The maximum Gasteiger partial charge on any atom is 0.312 e. The van der Waals surface area contributed by atoms with Gasteiger partial charge in [-0.05, 0) is 19.6 Å². The van der Waals surface area contributed by atoms with Crippen molar-refractivity contribution in [3.8, 4) is 0 Å². The number of amides is 1. The summed E-state index contributed by atoms with van der Waals surface area (Å²) >= 11 is 0. The molecule has 0 fully saturated rings. The molecule has 1 N–H and O–H groups in total. The van der Waals surface area contributed by atoms with Crippen LogP contribution in [0, 0.1) is 0 Å². The monoisotopic (exact) mass is 215 g/mol. The Kier molecular flexibility index (Phi) is 5.15. The van der Waals surface area contributed by atoms with E-state index in [9.17, 15) is 9.59 Å². The highest BCUT2D eigenvalue weighted by atomic mass is 28.4. The van der Waals surface area contributed by atoms with Gasteiger partial charge in [-0.25, -0.2) is 0 Å². The summed E-state index contributed by atoms with van der Waals surface area (Å²) in [6.45, 7) is 9.10. The van der Waals surface area contributed by atoms with Crippen molar-refractivity contribution < 1.29 is 14.0 Å². The standard InChI is InChI=1S/C9H17NO3Si/c1-5-6-8(11)10-7-9(12)13-14(2,3)4/h5H,1,6-7H2,2-4H3,(H,10,11). The quantitative estimate of drug-likeness (QED) is 0.551. The average Bonchev–Trinajstić information content (AvgIpc) is 1.98. The lowest BCUT2D eigenvalue weighted by molar-refractivity contribution is -0.136. The van der Waals surface area contributed by atoms with Crippen LogP contribution in [0.2, 0.25) is 19.6 Å². The van der Waals surface area contributed by atoms with E-state index >= 15 is 0 Å². The second-order valence-electron chi connectivity index (χ2n) is 3.86. The predicted molar refractivity (Wildman–Crippen MR) is 57.3 cm³/mol. The number of carbonyl (C=O) groups excluding carboxylic acids is 2. The summed E-state index contributed by atoms with van der Waals surface area (Å²) in [5, 5.41) is 2.44. The molecule has 0 spiro atoms. The van der Waals surface area contributed by atoms with E-state index in [1.165, 1.54) is 6.08 Å². The Morgan fingerprint density at radius 3 is 2.43 bits per heavy atom. The van der Waals surface area contributed by atoms with Crippen LogP contribution in [0.4, 0.5) is 0 Å². The summed E-state index contributed by atoms with van der Waals surface area (Å²) in [5.74, 6) is -0.589. The molecule has 0 radical (unpaired) electrons. The highest BCUT2D eigenvalue weighted by molar-refractivity contribution is 6.71. The number of carbonyl (C=O) groups is 2. The molecule has 1 amide bonds. The van der Waals surface area contributed by atoms with Crippen molar-refractivity contribution in [3.05, 3.63) is 12.7 Å². The van der Waals surface area contributed by atoms with E-state index < -0.39 is 8.32 Å². The van der Waals surface area contributed by atoms with Gasteiger partial charge in [-0.3, -0.25) is 9.59 Å². The summed E-state index contributed by atoms with van der Waals surface area (Å²) < 4.78 is 5.13. The molecule has 80 valence electrons. The molecular weight excluding hydrogens is 198 g/mol. The fraction of sp³-hybridized carbons (Fsp3) is 0.556. The number of hydrogen-bond acceptors (Lipinski definition) is 3. The molecule has 0 saturated carbocycles. The second-order valence-corrected chi connectivity index (χ2v) is 8.28. The van der Waals surface area contributed by atoms with E-state index in [4.69, 9.17) is 4.43 Å². The van der Waals surface area contributed by atoms with E-state index in [0.717, 1.165) is 0 Å². The van der Waals surface area contributed by atoms with Crippen LogP contribution in [0.25, 0.3) is 0 Å². The maximum absolute atomic E-state index is 11.1. The van der Waals surface area contributed by atoms with Gasteiger partial charge in [0.15, 0.2) is 0 Å². The molecule has 0 heterocycles. The smallest absolute Gasteiger partial charge is 0.312 e. The first kappa shape index (κ1) is 12.9. The van der Waals surface area contributed by atoms with Crippen LogP contribution in [-0.2, 0) is 14.0 Å². The largest absolute Gasteiger partial charge is 0.519 e. The third-order valence-electron chi connectivity index (χ3n) is 1.18. The van der Waals surface area contributed by atoms with E-state index in [1.807, 2.05) is 19.6 Å². The van der Waals surface area contributed by atoms with E-state index in [1.54, 1.807) is 0 Å². The lowest BCUT2D eigenvalue weighted by Gasteiger charge is -2.17. The molecule has 0 aromatic rings. The van der Waals surface area contributed by atoms with Crippen LogP contribution in [0.15, 0.2) is 12.7 Å². The first-order valence-corrected chi connectivity index (χ1v) is 7.85. The average molecular weight is 215 g/mol. The van der Waals surface area contributed by atoms with Crippen LogP contribution >= 0.6 is 0 Å². The molecule has 0 rings (SSSR count). The minimum atomic E-state index is -1.83. The van der Waals surface area contributed by atoms with Crippen molar-refractivity contribution in [1.82, 2.24) is 5.32 Å². The molecule has 0 saturated heterocycles. The van der Waals surface area contributed by atoms with Gasteiger partial charge in [0.1, 0.15) is 6.54 Å². The lowest BCUT2D eigenvalue weighted by Crippen LogP contribution is -2.36. The number of rotatable bonds is 5. The normalized spacial score (nSPS) is 10.5. The fourth-order valence-corrected chi connectivity index (χ4v) is 1.51. The molecule has 5 heteroatoms. The Morgan fingerprint density at radius 2 is 2.00 bits per heavy atom. The van der Waals surface area contributed by atoms with Gasteiger partial charge >= 0.3 is 5.97 Å². The Morgan fingerprint density at radius 1 is 1.43 bits per heavy atom. The topological polar surface area (TPSA) is 55.4 Å². The van der Waals surface area contributed by atoms with E-state index in [0.29, 0.717) is 0 Å². The third-order valence-corrected chi connectivity index (χ3v) is 2.02. The van der Waals surface area contributed by atoms with Gasteiger partial charge in [-0.15, -0.1) is 6.58 Å². The lowest BCUT2D eigenvalue weighted by atomic mass is 10.4. The van der Waals surface area contributed by atoms with Gasteiger partial charge in [0.2, 0.25) is 14.2 Å². The van der Waals surface area contributed by atoms with Crippen molar-refractivity contribution in [1.29, 1.82) is 0 Å². The van der Waals surface area contributed by atoms with Crippen molar-refractivity contribution in [2.45, 2.75) is 26.1 Å². The molecule has 0 bridgehead atoms. The number of hydrogen-bond donors (Lipinski definition) is 1. The fourth-order valence-electron chi connectivity index (χ4n) is 0.752. The predicted octanol–water partition coefficient (Wildman–Crippen LogP) is 1.06. The molecule has 0 aromatic carbocycles. The van der Waals surface area contributed by atoms with Crippen molar-refractivity contribution >= 4 is 20.2 Å². The van der Waals surface area contributed by atoms with Crippen LogP contribution in [0.3, 0.4) is 0 Å². The van der Waals surface area contributed by atoms with Crippen molar-refractivity contribution in [2.75, 3.05) is 6.54 Å². The zero-order valence-electron chi connectivity index (χ0n) is 8.92. The minimum absolute atomic E-state index is 0.0586. The second kappa shape index (κ2) is 5.59. The Labute approximate surface area is 85.5 Å². The van der Waals surface area contributed by atoms with Crippen molar-refractivity contribution in [2.24, 2.45) is 0 Å². The molecule has 14 heavy (non-hydrogen) atoms. The minimum Gasteiger partial charge on any atom is -0.519 e. The van der Waals surface area contributed by atoms with Gasteiger partial charge in [0.25, 0.3) is 0 Å². The van der Waals surface area contributed by atoms with Crippen LogP contribution < -0.4 is 5.32 Å².